The third kappa shape index (κ3) is 39.8. The van der Waals surface area contributed by atoms with E-state index < -0.39 is 43.1 Å². The Labute approximate surface area is 241 Å². The van der Waals surface area contributed by atoms with Crippen LogP contribution < -0.4 is 15.3 Å². The Kier molecular flexibility index (Phi) is 31.5. The summed E-state index contributed by atoms with van der Waals surface area (Å²) in [7, 11) is 0. The molecular formula is C26H41AlO12. The molecule has 0 aliphatic carbocycles. The Hall–Kier alpha value is -2.91. The second-order valence-corrected chi connectivity index (χ2v) is 9.10. The number of ketones is 4. The van der Waals surface area contributed by atoms with E-state index in [2.05, 4.69) is 0 Å². The molecule has 0 aromatic heterocycles. The van der Waals surface area contributed by atoms with Crippen LogP contribution in [0.15, 0.2) is 0 Å². The summed E-state index contributed by atoms with van der Waals surface area (Å²) >= 11 is 0. The Bertz CT molecular complexity index is 725. The fraction of sp³-hybridized carbons (Fsp3) is 0.692. The fourth-order valence-corrected chi connectivity index (χ4v) is 1.59. The monoisotopic (exact) mass is 572 g/mol. The molecule has 1 unspecified atom stereocenters. The van der Waals surface area contributed by atoms with Crippen LogP contribution in [0.5, 0.6) is 0 Å². The topological polar surface area (TPSA) is 215 Å². The summed E-state index contributed by atoms with van der Waals surface area (Å²) in [6.07, 6.45) is -0.789. The number of rotatable bonds is 13. The van der Waals surface area contributed by atoms with Crippen LogP contribution in [0.1, 0.15) is 94.4 Å². The van der Waals surface area contributed by atoms with Crippen molar-refractivity contribution in [2.45, 2.75) is 101 Å². The van der Waals surface area contributed by atoms with E-state index in [1.54, 1.807) is 48.5 Å². The average Bonchev–Trinajstić information content (AvgIpc) is 2.72. The Balaban J connectivity index is -0.000000131. The molecule has 0 amide bonds. The third-order valence-electron chi connectivity index (χ3n) is 4.19. The van der Waals surface area contributed by atoms with Crippen molar-refractivity contribution in [2.24, 2.45) is 17.8 Å². The number of Topliss-reactive ketones (excluding diaryl/α,β-unsaturated/α-hetero) is 4. The maximum absolute atomic E-state index is 10.8. The van der Waals surface area contributed by atoms with Crippen LogP contribution in [-0.2, 0) is 43.1 Å². The first kappa shape index (κ1) is 46.0. The van der Waals surface area contributed by atoms with Gasteiger partial charge in [0.05, 0.1) is 6.10 Å². The van der Waals surface area contributed by atoms with Gasteiger partial charge in [0, 0.05) is 54.9 Å². The molecule has 0 aromatic rings. The van der Waals surface area contributed by atoms with Crippen LogP contribution in [0.3, 0.4) is 0 Å². The fourth-order valence-electron chi connectivity index (χ4n) is 1.59. The van der Waals surface area contributed by atoms with Gasteiger partial charge in [0.1, 0.15) is 29.6 Å². The smallest absolute Gasteiger partial charge is 0.550 e. The predicted octanol–water partition coefficient (Wildman–Crippen LogP) is -1.02. The zero-order valence-electron chi connectivity index (χ0n) is 24.3. The van der Waals surface area contributed by atoms with Gasteiger partial charge in [-0.2, -0.15) is 0 Å². The van der Waals surface area contributed by atoms with E-state index >= 15 is 0 Å². The van der Waals surface area contributed by atoms with E-state index in [4.69, 9.17) is 4.74 Å². The van der Waals surface area contributed by atoms with Crippen molar-refractivity contribution in [3.8, 4) is 0 Å². The molecule has 0 aliphatic heterocycles. The Morgan fingerprint density at radius 3 is 0.949 bits per heavy atom. The van der Waals surface area contributed by atoms with E-state index in [9.17, 15) is 53.7 Å². The zero-order valence-corrected chi connectivity index (χ0v) is 25.5. The van der Waals surface area contributed by atoms with Crippen LogP contribution in [0.4, 0.5) is 0 Å². The second-order valence-electron chi connectivity index (χ2n) is 9.10. The maximum atomic E-state index is 10.8. The van der Waals surface area contributed by atoms with Crippen LogP contribution in [0.25, 0.3) is 0 Å². The Morgan fingerprint density at radius 1 is 0.564 bits per heavy atom. The van der Waals surface area contributed by atoms with Crippen molar-refractivity contribution in [1.82, 2.24) is 0 Å². The minimum atomic E-state index is -1.30. The molecule has 0 fully saturated rings. The molecule has 1 atom stereocenters. The summed E-state index contributed by atoms with van der Waals surface area (Å²) in [6.45, 7) is 15.0. The molecule has 0 rings (SSSR count). The third-order valence-corrected chi connectivity index (χ3v) is 4.19. The van der Waals surface area contributed by atoms with Gasteiger partial charge >= 0.3 is 23.3 Å². The number of carbonyl (C=O) groups is 8. The molecule has 0 saturated carbocycles. The van der Waals surface area contributed by atoms with Crippen LogP contribution in [0.2, 0.25) is 0 Å². The molecule has 0 spiro atoms. The van der Waals surface area contributed by atoms with E-state index in [0.29, 0.717) is 0 Å². The van der Waals surface area contributed by atoms with Gasteiger partial charge < -0.3 is 34.4 Å². The number of carboxylic acid groups (broad SMARTS) is 3. The molecule has 13 heteroatoms. The van der Waals surface area contributed by atoms with Crippen molar-refractivity contribution in [2.75, 3.05) is 0 Å². The number of hydrogen-bond acceptors (Lipinski definition) is 12. The van der Waals surface area contributed by atoms with Gasteiger partial charge in [-0.05, 0) is 20.3 Å². The molecule has 0 aromatic carbocycles. The molecule has 0 bridgehead atoms. The van der Waals surface area contributed by atoms with Crippen molar-refractivity contribution in [3.05, 3.63) is 0 Å². The number of carbonyl (C=O) groups excluding carboxylic acids is 8. The minimum Gasteiger partial charge on any atom is -0.550 e. The SMILES string of the molecule is CC(C)C(=O)CC(=O)[O-].CC(C)C(=O)CC(=O)[O-].CC(C)C(=O)CC(=O)[O-].CCC(C)OC(=O)CC(C)=O.[Al+3]. The molecule has 12 nitrogen and oxygen atoms in total. The molecule has 220 valence electrons. The quantitative estimate of drug-likeness (QED) is 0.147. The summed E-state index contributed by atoms with van der Waals surface area (Å²) in [4.78, 5) is 82.1. The number of hydrogen-bond donors (Lipinski definition) is 0. The molecule has 39 heavy (non-hydrogen) atoms. The molecule has 0 N–H and O–H groups in total. The van der Waals surface area contributed by atoms with Crippen molar-refractivity contribution >= 4 is 64.4 Å². The summed E-state index contributed by atoms with van der Waals surface area (Å²) in [6, 6.07) is 0. The molecule has 0 radical (unpaired) electrons. The Morgan fingerprint density at radius 2 is 0.821 bits per heavy atom. The zero-order chi connectivity index (χ0) is 31.2. The van der Waals surface area contributed by atoms with Crippen molar-refractivity contribution < 1.29 is 58.4 Å². The summed E-state index contributed by atoms with van der Waals surface area (Å²) in [5, 5.41) is 29.3. The number of esters is 1. The summed E-state index contributed by atoms with van der Waals surface area (Å²) in [5.74, 6) is -5.94. The number of aliphatic carboxylic acids is 3. The van der Waals surface area contributed by atoms with Gasteiger partial charge in [-0.1, -0.05) is 48.5 Å². The van der Waals surface area contributed by atoms with E-state index in [1.807, 2.05) is 6.92 Å². The van der Waals surface area contributed by atoms with Crippen molar-refractivity contribution in [1.29, 1.82) is 0 Å². The van der Waals surface area contributed by atoms with E-state index in [0.717, 1.165) is 6.42 Å². The summed E-state index contributed by atoms with van der Waals surface area (Å²) in [5.41, 5.74) is 0. The van der Waals surface area contributed by atoms with Crippen LogP contribution in [-0.4, -0.2) is 70.5 Å². The van der Waals surface area contributed by atoms with Gasteiger partial charge in [-0.3, -0.25) is 24.0 Å². The van der Waals surface area contributed by atoms with Crippen molar-refractivity contribution in [3.63, 3.8) is 0 Å². The first-order valence-electron chi connectivity index (χ1n) is 12.0. The predicted molar refractivity (Wildman–Crippen MR) is 135 cm³/mol. The standard InChI is InChI=1S/C8H14O3.3C6H10O3.Al/c1-4-7(3)11-8(10)5-6(2)9;3*1-4(2)5(7)3-6(8)9;/h7H,4-5H2,1-3H3;3*4H,3H2,1-2H3,(H,8,9);/q;;;;+3/p-3. The normalized spacial score (nSPS) is 10.2. The van der Waals surface area contributed by atoms with Gasteiger partial charge in [-0.15, -0.1) is 0 Å². The van der Waals surface area contributed by atoms with Crippen LogP contribution >= 0.6 is 0 Å². The molecular weight excluding hydrogens is 531 g/mol. The van der Waals surface area contributed by atoms with Gasteiger partial charge in [0.2, 0.25) is 0 Å². The van der Waals surface area contributed by atoms with Crippen LogP contribution in [0, 0.1) is 17.8 Å². The average molecular weight is 573 g/mol. The molecule has 0 aliphatic rings. The van der Waals surface area contributed by atoms with Gasteiger partial charge in [0.15, 0.2) is 0 Å². The molecule has 0 heterocycles. The largest absolute Gasteiger partial charge is 3.00 e. The first-order chi connectivity index (χ1) is 17.2. The number of carboxylic acids is 3. The summed E-state index contributed by atoms with van der Waals surface area (Å²) < 4.78 is 4.85. The number of ether oxygens (including phenoxy) is 1. The second kappa shape index (κ2) is 26.7. The van der Waals surface area contributed by atoms with Gasteiger partial charge in [0.25, 0.3) is 0 Å². The maximum Gasteiger partial charge on any atom is 3.00 e. The van der Waals surface area contributed by atoms with E-state index in [-0.39, 0.29) is 70.8 Å². The minimum absolute atomic E-state index is 0. The van der Waals surface area contributed by atoms with E-state index in [1.165, 1.54) is 6.92 Å². The first-order valence-corrected chi connectivity index (χ1v) is 12.0. The molecule has 0 saturated heterocycles. The van der Waals surface area contributed by atoms with Gasteiger partial charge in [-0.25, -0.2) is 0 Å².